The van der Waals surface area contributed by atoms with E-state index in [9.17, 15) is 9.90 Å². The van der Waals surface area contributed by atoms with E-state index in [4.69, 9.17) is 11.6 Å². The maximum Gasteiger partial charge on any atom is 0.232 e. The second-order valence-electron chi connectivity index (χ2n) is 5.01. The lowest BCUT2D eigenvalue weighted by Gasteiger charge is -2.34. The Morgan fingerprint density at radius 1 is 1.42 bits per heavy atom. The minimum atomic E-state index is -0.156. The second-order valence-corrected chi connectivity index (χ2v) is 6.49. The number of carbonyl (C=O) groups is 1. The fraction of sp³-hybridized carbons (Fsp3) is 0.500. The minimum Gasteiger partial charge on any atom is -0.393 e. The number of aliphatic hydroxyl groups is 1. The van der Waals surface area contributed by atoms with Gasteiger partial charge in [-0.25, -0.2) is 0 Å². The number of thioether (sulfide) groups is 1. The molecule has 0 bridgehead atoms. The molecule has 1 N–H and O–H groups in total. The molecule has 0 saturated heterocycles. The number of nitrogens with zero attached hydrogens (tertiary/aromatic N) is 1. The summed E-state index contributed by atoms with van der Waals surface area (Å²) in [6.45, 7) is 0.747. The first-order valence-electron chi connectivity index (χ1n) is 6.35. The smallest absolute Gasteiger partial charge is 0.232 e. The van der Waals surface area contributed by atoms with Crippen LogP contribution in [0.1, 0.15) is 12.8 Å². The molecule has 0 atom stereocenters. The zero-order valence-corrected chi connectivity index (χ0v) is 12.5. The van der Waals surface area contributed by atoms with Crippen molar-refractivity contribution in [2.45, 2.75) is 23.8 Å². The number of aliphatic hydroxyl groups excluding tert-OH is 1. The summed E-state index contributed by atoms with van der Waals surface area (Å²) in [5.74, 6) is 1.03. The summed E-state index contributed by atoms with van der Waals surface area (Å²) in [4.78, 5) is 14.8. The fourth-order valence-electron chi connectivity index (χ4n) is 2.12. The first-order valence-corrected chi connectivity index (χ1v) is 7.71. The molecule has 2 rings (SSSR count). The molecular weight excluding hydrogens is 282 g/mol. The van der Waals surface area contributed by atoms with Crippen molar-refractivity contribution in [3.05, 3.63) is 29.3 Å². The van der Waals surface area contributed by atoms with Crippen LogP contribution in [-0.4, -0.2) is 41.4 Å². The molecule has 5 heteroatoms. The van der Waals surface area contributed by atoms with Crippen LogP contribution in [0, 0.1) is 5.92 Å². The molecule has 0 aromatic heterocycles. The van der Waals surface area contributed by atoms with E-state index in [0.717, 1.165) is 24.3 Å². The number of halogens is 1. The summed E-state index contributed by atoms with van der Waals surface area (Å²) in [7, 11) is 1.83. The molecule has 19 heavy (non-hydrogen) atoms. The van der Waals surface area contributed by atoms with Gasteiger partial charge in [0.1, 0.15) is 0 Å². The lowest BCUT2D eigenvalue weighted by Crippen LogP contribution is -2.40. The van der Waals surface area contributed by atoms with Crippen molar-refractivity contribution in [1.29, 1.82) is 0 Å². The van der Waals surface area contributed by atoms with Crippen LogP contribution in [0.5, 0.6) is 0 Å². The summed E-state index contributed by atoms with van der Waals surface area (Å²) in [5.41, 5.74) is 0. The highest BCUT2D eigenvalue weighted by Gasteiger charge is 2.28. The molecule has 1 aliphatic carbocycles. The van der Waals surface area contributed by atoms with E-state index < -0.39 is 0 Å². The third kappa shape index (κ3) is 4.41. The van der Waals surface area contributed by atoms with E-state index in [1.807, 2.05) is 31.3 Å². The highest BCUT2D eigenvalue weighted by molar-refractivity contribution is 8.00. The third-order valence-corrected chi connectivity index (χ3v) is 4.59. The molecule has 1 amide bonds. The number of benzene rings is 1. The second kappa shape index (κ2) is 6.64. The lowest BCUT2D eigenvalue weighted by atomic mass is 9.82. The fourth-order valence-corrected chi connectivity index (χ4v) is 3.09. The van der Waals surface area contributed by atoms with Crippen molar-refractivity contribution in [2.75, 3.05) is 19.3 Å². The molecule has 0 heterocycles. The zero-order valence-electron chi connectivity index (χ0n) is 10.9. The monoisotopic (exact) mass is 299 g/mol. The Kier molecular flexibility index (Phi) is 5.13. The van der Waals surface area contributed by atoms with Crippen molar-refractivity contribution in [3.63, 3.8) is 0 Å². The molecule has 1 aromatic carbocycles. The maximum absolute atomic E-state index is 12.0. The first-order chi connectivity index (χ1) is 9.04. The van der Waals surface area contributed by atoms with Crippen LogP contribution < -0.4 is 0 Å². The van der Waals surface area contributed by atoms with Gasteiger partial charge in [0.25, 0.3) is 0 Å². The van der Waals surface area contributed by atoms with Gasteiger partial charge in [-0.15, -0.1) is 11.8 Å². The molecule has 3 nitrogen and oxygen atoms in total. The molecule has 0 radical (unpaired) electrons. The van der Waals surface area contributed by atoms with Crippen LogP contribution in [0.4, 0.5) is 0 Å². The third-order valence-electron chi connectivity index (χ3n) is 3.34. The van der Waals surface area contributed by atoms with E-state index >= 15 is 0 Å². The topological polar surface area (TPSA) is 40.5 Å². The van der Waals surface area contributed by atoms with Gasteiger partial charge in [-0.05, 0) is 43.0 Å². The van der Waals surface area contributed by atoms with Gasteiger partial charge < -0.3 is 10.0 Å². The summed E-state index contributed by atoms with van der Waals surface area (Å²) >= 11 is 7.33. The van der Waals surface area contributed by atoms with Crippen LogP contribution in [0.3, 0.4) is 0 Å². The Bertz CT molecular complexity index is 432. The van der Waals surface area contributed by atoms with Gasteiger partial charge in [0, 0.05) is 23.5 Å². The standard InChI is InChI=1S/C14H18ClNO2S/c1-16(8-10-6-12(17)7-10)14(18)9-19-13-4-2-11(15)3-5-13/h2-5,10,12,17H,6-9H2,1H3. The molecule has 1 fully saturated rings. The maximum atomic E-state index is 12.0. The van der Waals surface area contributed by atoms with Crippen molar-refractivity contribution in [2.24, 2.45) is 5.92 Å². The zero-order chi connectivity index (χ0) is 13.8. The molecule has 0 spiro atoms. The Labute approximate surface area is 122 Å². The van der Waals surface area contributed by atoms with E-state index in [1.165, 1.54) is 11.8 Å². The van der Waals surface area contributed by atoms with Crippen LogP contribution in [0.15, 0.2) is 29.2 Å². The summed E-state index contributed by atoms with van der Waals surface area (Å²) in [5, 5.41) is 9.93. The van der Waals surface area contributed by atoms with Gasteiger partial charge in [-0.2, -0.15) is 0 Å². The summed E-state index contributed by atoms with van der Waals surface area (Å²) in [6, 6.07) is 7.49. The van der Waals surface area contributed by atoms with Gasteiger partial charge >= 0.3 is 0 Å². The molecular formula is C14H18ClNO2S. The SMILES string of the molecule is CN(CC1CC(O)C1)C(=O)CSc1ccc(Cl)cc1. The van der Waals surface area contributed by atoms with Crippen LogP contribution in [-0.2, 0) is 4.79 Å². The average molecular weight is 300 g/mol. The molecule has 1 saturated carbocycles. The summed E-state index contributed by atoms with van der Waals surface area (Å²) < 4.78 is 0. The molecule has 0 aliphatic heterocycles. The molecule has 1 aromatic rings. The van der Waals surface area contributed by atoms with Crippen molar-refractivity contribution in [3.8, 4) is 0 Å². The van der Waals surface area contributed by atoms with Gasteiger partial charge in [0.15, 0.2) is 0 Å². The molecule has 0 unspecified atom stereocenters. The van der Waals surface area contributed by atoms with E-state index in [-0.39, 0.29) is 12.0 Å². The van der Waals surface area contributed by atoms with Crippen molar-refractivity contribution >= 4 is 29.3 Å². The largest absolute Gasteiger partial charge is 0.393 e. The minimum absolute atomic E-state index is 0.126. The number of hydrogen-bond acceptors (Lipinski definition) is 3. The Morgan fingerprint density at radius 3 is 2.63 bits per heavy atom. The van der Waals surface area contributed by atoms with Crippen LogP contribution in [0.2, 0.25) is 5.02 Å². The Balaban J connectivity index is 1.72. The van der Waals surface area contributed by atoms with Crippen LogP contribution >= 0.6 is 23.4 Å². The average Bonchev–Trinajstić information content (AvgIpc) is 2.35. The normalized spacial score (nSPS) is 21.8. The number of rotatable bonds is 5. The lowest BCUT2D eigenvalue weighted by molar-refractivity contribution is -0.128. The van der Waals surface area contributed by atoms with Crippen LogP contribution in [0.25, 0.3) is 0 Å². The quantitative estimate of drug-likeness (QED) is 0.850. The number of carbonyl (C=O) groups excluding carboxylic acids is 1. The predicted molar refractivity (Wildman–Crippen MR) is 78.5 cm³/mol. The van der Waals surface area contributed by atoms with E-state index in [0.29, 0.717) is 16.7 Å². The molecule has 1 aliphatic rings. The highest BCUT2D eigenvalue weighted by Crippen LogP contribution is 2.28. The van der Waals surface area contributed by atoms with Crippen molar-refractivity contribution < 1.29 is 9.90 Å². The Hall–Kier alpha value is -0.710. The first kappa shape index (κ1) is 14.7. The van der Waals surface area contributed by atoms with Gasteiger partial charge in [-0.3, -0.25) is 4.79 Å². The number of amides is 1. The predicted octanol–water partition coefficient (Wildman–Crippen LogP) is 2.66. The van der Waals surface area contributed by atoms with E-state index in [2.05, 4.69) is 0 Å². The number of hydrogen-bond donors (Lipinski definition) is 1. The van der Waals surface area contributed by atoms with Crippen molar-refractivity contribution in [1.82, 2.24) is 4.90 Å². The highest BCUT2D eigenvalue weighted by atomic mass is 35.5. The molecule has 104 valence electrons. The van der Waals surface area contributed by atoms with Gasteiger partial charge in [0.05, 0.1) is 11.9 Å². The summed E-state index contributed by atoms with van der Waals surface area (Å²) in [6.07, 6.45) is 1.49. The Morgan fingerprint density at radius 2 is 2.05 bits per heavy atom. The van der Waals surface area contributed by atoms with Gasteiger partial charge in [-0.1, -0.05) is 11.6 Å². The van der Waals surface area contributed by atoms with E-state index in [1.54, 1.807) is 4.90 Å². The van der Waals surface area contributed by atoms with Gasteiger partial charge in [0.2, 0.25) is 5.91 Å².